The predicted octanol–water partition coefficient (Wildman–Crippen LogP) is 2.27. The number of benzene rings is 1. The van der Waals surface area contributed by atoms with Gasteiger partial charge in [0, 0.05) is 18.5 Å². The summed E-state index contributed by atoms with van der Waals surface area (Å²) in [6, 6.07) is 6.62. The van der Waals surface area contributed by atoms with Gasteiger partial charge in [0.1, 0.15) is 0 Å². The number of hydrogen-bond donors (Lipinski definition) is 1. The van der Waals surface area contributed by atoms with Gasteiger partial charge in [0.15, 0.2) is 0 Å². The predicted molar refractivity (Wildman–Crippen MR) is 63.6 cm³/mol. The van der Waals surface area contributed by atoms with Gasteiger partial charge in [-0.3, -0.25) is 0 Å². The first kappa shape index (κ1) is 10.3. The third-order valence-electron chi connectivity index (χ3n) is 2.85. The Morgan fingerprint density at radius 2 is 1.93 bits per heavy atom. The Bertz CT molecular complexity index is 396. The van der Waals surface area contributed by atoms with Crippen molar-refractivity contribution in [2.45, 2.75) is 32.1 Å². The zero-order valence-corrected chi connectivity index (χ0v) is 9.05. The van der Waals surface area contributed by atoms with Crippen LogP contribution in [-0.4, -0.2) is 6.54 Å². The Morgan fingerprint density at radius 1 is 1.13 bits per heavy atom. The van der Waals surface area contributed by atoms with E-state index in [0.717, 1.165) is 12.0 Å². The Hall–Kier alpha value is -1.26. The fourth-order valence-electron chi connectivity index (χ4n) is 2.05. The Labute approximate surface area is 91.7 Å². The molecule has 0 amide bonds. The zero-order chi connectivity index (χ0) is 10.5. The first-order valence-electron chi connectivity index (χ1n) is 5.71. The molecule has 0 fully saturated rings. The first-order chi connectivity index (χ1) is 7.40. The van der Waals surface area contributed by atoms with E-state index in [0.29, 0.717) is 6.54 Å². The van der Waals surface area contributed by atoms with E-state index >= 15 is 0 Å². The summed E-state index contributed by atoms with van der Waals surface area (Å²) in [7, 11) is 0. The highest BCUT2D eigenvalue weighted by Crippen LogP contribution is 2.21. The standard InChI is InChI=1S/C14H17N/c15-10-4-3-5-12-8-9-13-6-1-2-7-14(13)11-12/h8-9,11H,1-2,4,6-7,10,15H2. The fourth-order valence-corrected chi connectivity index (χ4v) is 2.05. The molecule has 15 heavy (non-hydrogen) atoms. The molecule has 1 heteroatoms. The molecule has 0 saturated carbocycles. The van der Waals surface area contributed by atoms with Gasteiger partial charge in [-0.2, -0.15) is 0 Å². The summed E-state index contributed by atoms with van der Waals surface area (Å²) in [5.74, 6) is 6.25. The number of fused-ring (bicyclic) bond motifs is 1. The monoisotopic (exact) mass is 199 g/mol. The van der Waals surface area contributed by atoms with Gasteiger partial charge in [-0.1, -0.05) is 17.9 Å². The minimum atomic E-state index is 0.651. The second-order valence-electron chi connectivity index (χ2n) is 4.03. The summed E-state index contributed by atoms with van der Waals surface area (Å²) in [6.07, 6.45) is 5.92. The third kappa shape index (κ3) is 2.61. The van der Waals surface area contributed by atoms with Gasteiger partial charge in [-0.05, 0) is 48.9 Å². The maximum Gasteiger partial charge on any atom is 0.0248 e. The van der Waals surface area contributed by atoms with Gasteiger partial charge in [0.2, 0.25) is 0 Å². The van der Waals surface area contributed by atoms with Crippen LogP contribution in [-0.2, 0) is 12.8 Å². The Kier molecular flexibility index (Phi) is 3.42. The molecule has 0 unspecified atom stereocenters. The van der Waals surface area contributed by atoms with E-state index in [1.807, 2.05) is 0 Å². The van der Waals surface area contributed by atoms with Crippen molar-refractivity contribution >= 4 is 0 Å². The van der Waals surface area contributed by atoms with E-state index in [1.165, 1.54) is 36.8 Å². The zero-order valence-electron chi connectivity index (χ0n) is 9.05. The second-order valence-corrected chi connectivity index (χ2v) is 4.03. The van der Waals surface area contributed by atoms with Crippen LogP contribution in [0.4, 0.5) is 0 Å². The molecule has 0 spiro atoms. The van der Waals surface area contributed by atoms with E-state index in [1.54, 1.807) is 0 Å². The highest BCUT2D eigenvalue weighted by molar-refractivity contribution is 5.41. The molecule has 0 radical (unpaired) electrons. The lowest BCUT2D eigenvalue weighted by Crippen LogP contribution is -2.02. The average Bonchev–Trinajstić information content (AvgIpc) is 2.29. The molecule has 2 N–H and O–H groups in total. The minimum absolute atomic E-state index is 0.651. The number of hydrogen-bond acceptors (Lipinski definition) is 1. The highest BCUT2D eigenvalue weighted by Gasteiger charge is 2.08. The van der Waals surface area contributed by atoms with Gasteiger partial charge in [-0.15, -0.1) is 0 Å². The molecule has 0 atom stereocenters. The van der Waals surface area contributed by atoms with Gasteiger partial charge in [0.25, 0.3) is 0 Å². The molecular formula is C14H17N. The Balaban J connectivity index is 2.18. The molecule has 0 heterocycles. The van der Waals surface area contributed by atoms with E-state index in [-0.39, 0.29) is 0 Å². The van der Waals surface area contributed by atoms with Gasteiger partial charge < -0.3 is 5.73 Å². The molecule has 0 aromatic heterocycles. The second kappa shape index (κ2) is 5.00. The smallest absolute Gasteiger partial charge is 0.0248 e. The van der Waals surface area contributed by atoms with Gasteiger partial charge in [0.05, 0.1) is 0 Å². The number of aryl methyl sites for hydroxylation is 2. The maximum absolute atomic E-state index is 5.40. The molecule has 0 aliphatic heterocycles. The van der Waals surface area contributed by atoms with Crippen molar-refractivity contribution in [3.05, 3.63) is 34.9 Å². The summed E-state index contributed by atoms with van der Waals surface area (Å²) >= 11 is 0. The number of rotatable bonds is 1. The van der Waals surface area contributed by atoms with Crippen LogP contribution < -0.4 is 5.73 Å². The molecule has 0 saturated heterocycles. The SMILES string of the molecule is NCCC#Cc1ccc2c(c1)CCCC2. The van der Waals surface area contributed by atoms with Crippen LogP contribution in [0.15, 0.2) is 18.2 Å². The van der Waals surface area contributed by atoms with Crippen LogP contribution in [0, 0.1) is 11.8 Å². The van der Waals surface area contributed by atoms with Crippen LogP contribution in [0.25, 0.3) is 0 Å². The molecule has 78 valence electrons. The largest absolute Gasteiger partial charge is 0.330 e. The summed E-state index contributed by atoms with van der Waals surface area (Å²) in [5.41, 5.74) is 9.56. The fraction of sp³-hybridized carbons (Fsp3) is 0.429. The quantitative estimate of drug-likeness (QED) is 0.690. The highest BCUT2D eigenvalue weighted by atomic mass is 14.5. The summed E-state index contributed by atoms with van der Waals surface area (Å²) < 4.78 is 0. The summed E-state index contributed by atoms with van der Waals surface area (Å²) in [5, 5.41) is 0. The summed E-state index contributed by atoms with van der Waals surface area (Å²) in [4.78, 5) is 0. The maximum atomic E-state index is 5.40. The molecular weight excluding hydrogens is 182 g/mol. The van der Waals surface area contributed by atoms with E-state index in [4.69, 9.17) is 5.73 Å². The summed E-state index contributed by atoms with van der Waals surface area (Å²) in [6.45, 7) is 0.651. The van der Waals surface area contributed by atoms with E-state index in [2.05, 4.69) is 30.0 Å². The molecule has 1 nitrogen and oxygen atoms in total. The van der Waals surface area contributed by atoms with Gasteiger partial charge in [-0.25, -0.2) is 0 Å². The minimum Gasteiger partial charge on any atom is -0.330 e. The van der Waals surface area contributed by atoms with Crippen LogP contribution >= 0.6 is 0 Å². The molecule has 1 aromatic rings. The van der Waals surface area contributed by atoms with Crippen LogP contribution in [0.5, 0.6) is 0 Å². The van der Waals surface area contributed by atoms with Crippen molar-refractivity contribution in [1.29, 1.82) is 0 Å². The lowest BCUT2D eigenvalue weighted by molar-refractivity contribution is 0.685. The molecule has 0 bridgehead atoms. The molecule has 1 aromatic carbocycles. The van der Waals surface area contributed by atoms with Crippen LogP contribution in [0.3, 0.4) is 0 Å². The number of nitrogens with two attached hydrogens (primary N) is 1. The molecule has 1 aliphatic rings. The average molecular weight is 199 g/mol. The van der Waals surface area contributed by atoms with Crippen LogP contribution in [0.2, 0.25) is 0 Å². The lowest BCUT2D eigenvalue weighted by atomic mass is 9.90. The van der Waals surface area contributed by atoms with Crippen molar-refractivity contribution in [2.24, 2.45) is 5.73 Å². The Morgan fingerprint density at radius 3 is 2.73 bits per heavy atom. The molecule has 2 rings (SSSR count). The first-order valence-corrected chi connectivity index (χ1v) is 5.71. The molecule has 1 aliphatic carbocycles. The van der Waals surface area contributed by atoms with E-state index in [9.17, 15) is 0 Å². The van der Waals surface area contributed by atoms with Crippen molar-refractivity contribution < 1.29 is 0 Å². The third-order valence-corrected chi connectivity index (χ3v) is 2.85. The van der Waals surface area contributed by atoms with Crippen molar-refractivity contribution in [1.82, 2.24) is 0 Å². The van der Waals surface area contributed by atoms with Crippen LogP contribution in [0.1, 0.15) is 36.0 Å². The van der Waals surface area contributed by atoms with Gasteiger partial charge >= 0.3 is 0 Å². The van der Waals surface area contributed by atoms with Crippen molar-refractivity contribution in [2.75, 3.05) is 6.54 Å². The van der Waals surface area contributed by atoms with E-state index < -0.39 is 0 Å². The topological polar surface area (TPSA) is 26.0 Å². The van der Waals surface area contributed by atoms with Crippen molar-refractivity contribution in [3.8, 4) is 11.8 Å². The lowest BCUT2D eigenvalue weighted by Gasteiger charge is -2.15. The van der Waals surface area contributed by atoms with Crippen molar-refractivity contribution in [3.63, 3.8) is 0 Å². The normalized spacial score (nSPS) is 13.9.